The molecule has 1 aromatic carbocycles. The lowest BCUT2D eigenvalue weighted by atomic mass is 10.1. The van der Waals surface area contributed by atoms with Gasteiger partial charge in [0, 0.05) is 13.1 Å². The lowest BCUT2D eigenvalue weighted by Crippen LogP contribution is -2.39. The largest absolute Gasteiger partial charge is 0.378 e. The van der Waals surface area contributed by atoms with E-state index in [0.29, 0.717) is 37.0 Å². The topological polar surface area (TPSA) is 101 Å². The maximum Gasteiger partial charge on any atom is 0.239 e. The summed E-state index contributed by atoms with van der Waals surface area (Å²) in [5, 5.41) is 9.56. The van der Waals surface area contributed by atoms with Gasteiger partial charge in [0.15, 0.2) is 0 Å². The van der Waals surface area contributed by atoms with Crippen molar-refractivity contribution in [2.45, 2.75) is 29.5 Å². The number of morpholine rings is 1. The third kappa shape index (κ3) is 4.47. The molecule has 0 radical (unpaired) electrons. The molecule has 3 rings (SSSR count). The number of nitrogens with one attached hydrogen (secondary N) is 1. The molecule has 1 saturated heterocycles. The number of carbonyl (C=O) groups excluding carboxylic acids is 1. The highest BCUT2D eigenvalue weighted by Gasteiger charge is 2.34. The quantitative estimate of drug-likeness (QED) is 0.745. The van der Waals surface area contributed by atoms with E-state index in [4.69, 9.17) is 4.74 Å². The van der Waals surface area contributed by atoms with Crippen molar-refractivity contribution < 1.29 is 22.3 Å². The second kappa shape index (κ2) is 8.50. The van der Waals surface area contributed by atoms with Crippen molar-refractivity contribution in [3.8, 4) is 0 Å². The number of aromatic nitrogens is 2. The minimum absolute atomic E-state index is 0.189. The standard InChI is InChI=1S/C17H21FN4O4S2/c1-11(13-3-5-14(18)6-4-13)19-15(23)12(2)28(24,25)17-21-20-16(27-17)22-7-9-26-10-8-22/h3-6,11-12H,7-10H2,1-2H3,(H,19,23)/t11-,12+/m1/s1. The number of rotatable bonds is 6. The highest BCUT2D eigenvalue weighted by molar-refractivity contribution is 7.94. The monoisotopic (exact) mass is 428 g/mol. The Balaban J connectivity index is 1.69. The van der Waals surface area contributed by atoms with Crippen LogP contribution < -0.4 is 10.2 Å². The SMILES string of the molecule is C[C@@H](NC(=O)[C@H](C)S(=O)(=O)c1nnc(N2CCOCC2)s1)c1ccc(F)cc1. The van der Waals surface area contributed by atoms with E-state index in [1.807, 2.05) is 4.90 Å². The summed E-state index contributed by atoms with van der Waals surface area (Å²) in [7, 11) is -3.98. The molecule has 8 nitrogen and oxygen atoms in total. The number of carbonyl (C=O) groups is 1. The van der Waals surface area contributed by atoms with Crippen molar-refractivity contribution in [2.24, 2.45) is 0 Å². The van der Waals surface area contributed by atoms with E-state index in [1.54, 1.807) is 19.1 Å². The van der Waals surface area contributed by atoms with Crippen LogP contribution in [-0.4, -0.2) is 56.1 Å². The van der Waals surface area contributed by atoms with Gasteiger partial charge in [-0.1, -0.05) is 23.5 Å². The van der Waals surface area contributed by atoms with Gasteiger partial charge in [-0.05, 0) is 31.5 Å². The number of ether oxygens (including phenoxy) is 1. The molecule has 1 aliphatic rings. The second-order valence-electron chi connectivity index (χ2n) is 6.42. The van der Waals surface area contributed by atoms with Crippen molar-refractivity contribution in [1.29, 1.82) is 0 Å². The van der Waals surface area contributed by atoms with Gasteiger partial charge in [-0.2, -0.15) is 0 Å². The summed E-state index contributed by atoms with van der Waals surface area (Å²) in [6.07, 6.45) is 0. The van der Waals surface area contributed by atoms with Crippen LogP contribution in [0, 0.1) is 5.82 Å². The van der Waals surface area contributed by atoms with Crippen LogP contribution in [0.1, 0.15) is 25.5 Å². The number of anilines is 1. The fourth-order valence-corrected chi connectivity index (χ4v) is 5.22. The first-order chi connectivity index (χ1) is 13.3. The zero-order valence-electron chi connectivity index (χ0n) is 15.5. The van der Waals surface area contributed by atoms with E-state index in [-0.39, 0.29) is 10.2 Å². The van der Waals surface area contributed by atoms with Crippen LogP contribution in [0.5, 0.6) is 0 Å². The molecule has 2 heterocycles. The van der Waals surface area contributed by atoms with E-state index in [9.17, 15) is 17.6 Å². The second-order valence-corrected chi connectivity index (χ2v) is 9.82. The summed E-state index contributed by atoms with van der Waals surface area (Å²) in [4.78, 5) is 14.4. The van der Waals surface area contributed by atoms with Gasteiger partial charge < -0.3 is 15.0 Å². The predicted octanol–water partition coefficient (Wildman–Crippen LogP) is 1.55. The molecule has 0 bridgehead atoms. The molecule has 0 spiro atoms. The summed E-state index contributed by atoms with van der Waals surface area (Å²) >= 11 is 0.947. The number of hydrogen-bond acceptors (Lipinski definition) is 8. The Morgan fingerprint density at radius 1 is 1.21 bits per heavy atom. The van der Waals surface area contributed by atoms with E-state index in [0.717, 1.165) is 11.3 Å². The molecule has 2 aromatic rings. The Labute approximate surface area is 166 Å². The third-order valence-electron chi connectivity index (χ3n) is 4.48. The molecule has 1 aromatic heterocycles. The Bertz CT molecular complexity index is 927. The summed E-state index contributed by atoms with van der Waals surface area (Å²) in [6.45, 7) is 5.33. The molecule has 1 fully saturated rings. The maximum absolute atomic E-state index is 13.0. The van der Waals surface area contributed by atoms with E-state index >= 15 is 0 Å². The molecule has 1 amide bonds. The summed E-state index contributed by atoms with van der Waals surface area (Å²) in [5.41, 5.74) is 0.671. The van der Waals surface area contributed by atoms with Crippen LogP contribution in [0.25, 0.3) is 0 Å². The average Bonchev–Trinajstić information content (AvgIpc) is 3.19. The molecule has 0 aliphatic carbocycles. The van der Waals surface area contributed by atoms with Gasteiger partial charge >= 0.3 is 0 Å². The van der Waals surface area contributed by atoms with Crippen LogP contribution in [-0.2, 0) is 19.4 Å². The summed E-state index contributed by atoms with van der Waals surface area (Å²) < 4.78 is 43.7. The number of hydrogen-bond donors (Lipinski definition) is 1. The highest BCUT2D eigenvalue weighted by atomic mass is 32.2. The number of halogens is 1. The van der Waals surface area contributed by atoms with Crippen molar-refractivity contribution in [3.05, 3.63) is 35.6 Å². The van der Waals surface area contributed by atoms with Crippen LogP contribution in [0.4, 0.5) is 9.52 Å². The third-order valence-corrected chi connectivity index (χ3v) is 7.92. The van der Waals surface area contributed by atoms with Gasteiger partial charge in [-0.25, -0.2) is 12.8 Å². The Hall–Kier alpha value is -2.11. The molecule has 152 valence electrons. The van der Waals surface area contributed by atoms with Crippen LogP contribution in [0.2, 0.25) is 0 Å². The molecule has 28 heavy (non-hydrogen) atoms. The molecule has 1 N–H and O–H groups in total. The first-order valence-corrected chi connectivity index (χ1v) is 11.1. The molecule has 0 unspecified atom stereocenters. The number of nitrogens with zero attached hydrogens (tertiary/aromatic N) is 3. The van der Waals surface area contributed by atoms with Crippen molar-refractivity contribution >= 4 is 32.2 Å². The van der Waals surface area contributed by atoms with Gasteiger partial charge in [-0.3, -0.25) is 4.79 Å². The fraction of sp³-hybridized carbons (Fsp3) is 0.471. The zero-order chi connectivity index (χ0) is 20.3. The zero-order valence-corrected chi connectivity index (χ0v) is 17.1. The molecule has 0 saturated carbocycles. The average molecular weight is 429 g/mol. The molecular formula is C17H21FN4O4S2. The predicted molar refractivity (Wildman–Crippen MR) is 103 cm³/mol. The fourth-order valence-electron chi connectivity index (χ4n) is 2.66. The Morgan fingerprint density at radius 2 is 1.86 bits per heavy atom. The summed E-state index contributed by atoms with van der Waals surface area (Å²) in [5.74, 6) is -1.04. The minimum Gasteiger partial charge on any atom is -0.378 e. The van der Waals surface area contributed by atoms with Crippen molar-refractivity contribution in [3.63, 3.8) is 0 Å². The van der Waals surface area contributed by atoms with Gasteiger partial charge in [-0.15, -0.1) is 10.2 Å². The number of sulfone groups is 1. The van der Waals surface area contributed by atoms with E-state index in [2.05, 4.69) is 15.5 Å². The molecular weight excluding hydrogens is 407 g/mol. The number of benzene rings is 1. The minimum atomic E-state index is -3.98. The number of amides is 1. The van der Waals surface area contributed by atoms with Crippen LogP contribution in [0.15, 0.2) is 28.6 Å². The Morgan fingerprint density at radius 3 is 2.50 bits per heavy atom. The lowest BCUT2D eigenvalue weighted by molar-refractivity contribution is -0.121. The van der Waals surface area contributed by atoms with Gasteiger partial charge in [0.25, 0.3) is 0 Å². The molecule has 11 heteroatoms. The van der Waals surface area contributed by atoms with Crippen LogP contribution >= 0.6 is 11.3 Å². The highest BCUT2D eigenvalue weighted by Crippen LogP contribution is 2.27. The van der Waals surface area contributed by atoms with Gasteiger partial charge in [0.05, 0.1) is 19.3 Å². The van der Waals surface area contributed by atoms with Crippen molar-refractivity contribution in [2.75, 3.05) is 31.2 Å². The molecule has 1 aliphatic heterocycles. The van der Waals surface area contributed by atoms with E-state index < -0.39 is 27.0 Å². The lowest BCUT2D eigenvalue weighted by Gasteiger charge is -2.25. The van der Waals surface area contributed by atoms with Gasteiger partial charge in [0.1, 0.15) is 11.1 Å². The normalized spacial score (nSPS) is 17.2. The van der Waals surface area contributed by atoms with Crippen LogP contribution in [0.3, 0.4) is 0 Å². The molecule has 2 atom stereocenters. The smallest absolute Gasteiger partial charge is 0.239 e. The van der Waals surface area contributed by atoms with E-state index in [1.165, 1.54) is 19.1 Å². The maximum atomic E-state index is 13.0. The van der Waals surface area contributed by atoms with Crippen molar-refractivity contribution in [1.82, 2.24) is 15.5 Å². The van der Waals surface area contributed by atoms with Gasteiger partial charge in [0.2, 0.25) is 25.2 Å². The first kappa shape index (κ1) is 20.6. The Kier molecular flexibility index (Phi) is 6.26. The summed E-state index contributed by atoms with van der Waals surface area (Å²) in [6, 6.07) is 5.18. The first-order valence-electron chi connectivity index (χ1n) is 8.75.